The van der Waals surface area contributed by atoms with E-state index in [0.717, 1.165) is 18.1 Å². The van der Waals surface area contributed by atoms with Gasteiger partial charge in [0, 0.05) is 11.6 Å². The molecule has 1 unspecified atom stereocenters. The van der Waals surface area contributed by atoms with Gasteiger partial charge in [-0.25, -0.2) is 0 Å². The van der Waals surface area contributed by atoms with Gasteiger partial charge in [0.2, 0.25) is 0 Å². The number of hydrogen-bond donors (Lipinski definition) is 0. The minimum atomic E-state index is 0.215. The average molecular weight is 269 g/mol. The Hall–Kier alpha value is -0.530. The van der Waals surface area contributed by atoms with E-state index in [-0.39, 0.29) is 6.10 Å². The van der Waals surface area contributed by atoms with Gasteiger partial charge in [-0.15, -0.1) is 0 Å². The Bertz CT molecular complexity index is 371. The third-order valence-electron chi connectivity index (χ3n) is 2.95. The maximum atomic E-state index is 6.46. The van der Waals surface area contributed by atoms with Gasteiger partial charge in [-0.05, 0) is 36.3 Å². The molecule has 1 nitrogen and oxygen atoms in total. The third-order valence-corrected chi connectivity index (χ3v) is 3.41. The number of halogens is 1. The number of hydrogen-bond acceptors (Lipinski definition) is 1. The lowest BCUT2D eigenvalue weighted by molar-refractivity contribution is 0.0480. The summed E-state index contributed by atoms with van der Waals surface area (Å²) in [6.07, 6.45) is 1.10. The van der Waals surface area contributed by atoms with Crippen molar-refractivity contribution in [3.63, 3.8) is 0 Å². The van der Waals surface area contributed by atoms with E-state index in [9.17, 15) is 0 Å². The van der Waals surface area contributed by atoms with Crippen LogP contribution in [-0.2, 0) is 11.2 Å². The Balaban J connectivity index is 2.70. The van der Waals surface area contributed by atoms with Gasteiger partial charge >= 0.3 is 0 Å². The van der Waals surface area contributed by atoms with Gasteiger partial charge in [-0.3, -0.25) is 0 Å². The van der Waals surface area contributed by atoms with Crippen molar-refractivity contribution in [2.24, 2.45) is 5.92 Å². The summed E-state index contributed by atoms with van der Waals surface area (Å²) in [5.74, 6) is 1.04. The van der Waals surface area contributed by atoms with Crippen LogP contribution in [0.3, 0.4) is 0 Å². The average Bonchev–Trinajstić information content (AvgIpc) is 2.29. The molecular formula is C16H25ClO. The van der Waals surface area contributed by atoms with Crippen molar-refractivity contribution in [1.29, 1.82) is 0 Å². The maximum Gasteiger partial charge on any atom is 0.0587 e. The molecule has 0 N–H and O–H groups in total. The standard InChI is InChI=1S/C16H25ClO/c1-11(2)10-18-13(5)9-14-7-6-8-15(12(3)4)16(14)17/h6-8,11-13H,9-10H2,1-5H3. The molecule has 0 saturated carbocycles. The summed E-state index contributed by atoms with van der Waals surface area (Å²) in [6.45, 7) is 11.6. The molecule has 0 aromatic heterocycles. The monoisotopic (exact) mass is 268 g/mol. The molecule has 0 aliphatic rings. The van der Waals surface area contributed by atoms with Crippen LogP contribution < -0.4 is 0 Å². The van der Waals surface area contributed by atoms with E-state index in [0.29, 0.717) is 11.8 Å². The molecule has 2 heteroatoms. The van der Waals surface area contributed by atoms with E-state index in [4.69, 9.17) is 16.3 Å². The molecule has 18 heavy (non-hydrogen) atoms. The van der Waals surface area contributed by atoms with E-state index in [1.807, 2.05) is 0 Å². The van der Waals surface area contributed by atoms with E-state index < -0.39 is 0 Å². The molecule has 1 aromatic carbocycles. The highest BCUT2D eigenvalue weighted by Gasteiger charge is 2.12. The van der Waals surface area contributed by atoms with Gasteiger partial charge in [-0.2, -0.15) is 0 Å². The summed E-state index contributed by atoms with van der Waals surface area (Å²) in [5.41, 5.74) is 2.42. The van der Waals surface area contributed by atoms with Crippen LogP contribution in [0.15, 0.2) is 18.2 Å². The normalized spacial score (nSPS) is 13.3. The smallest absolute Gasteiger partial charge is 0.0587 e. The lowest BCUT2D eigenvalue weighted by atomic mass is 9.98. The molecule has 0 spiro atoms. The van der Waals surface area contributed by atoms with Crippen molar-refractivity contribution >= 4 is 11.6 Å². The number of rotatable bonds is 6. The van der Waals surface area contributed by atoms with Crippen LogP contribution >= 0.6 is 11.6 Å². The highest BCUT2D eigenvalue weighted by molar-refractivity contribution is 6.32. The molecule has 1 rings (SSSR count). The molecule has 1 atom stereocenters. The molecule has 0 aliphatic carbocycles. The predicted octanol–water partition coefficient (Wildman–Crippen LogP) is 5.07. The van der Waals surface area contributed by atoms with Crippen molar-refractivity contribution < 1.29 is 4.74 Å². The zero-order valence-electron chi connectivity index (χ0n) is 12.2. The van der Waals surface area contributed by atoms with Gasteiger partial charge in [0.05, 0.1) is 6.10 Å². The van der Waals surface area contributed by atoms with Crippen molar-refractivity contribution in [3.8, 4) is 0 Å². The molecule has 102 valence electrons. The Morgan fingerprint density at radius 2 is 1.78 bits per heavy atom. The largest absolute Gasteiger partial charge is 0.378 e. The molecule has 0 heterocycles. The first-order valence-electron chi connectivity index (χ1n) is 6.80. The zero-order valence-corrected chi connectivity index (χ0v) is 12.9. The van der Waals surface area contributed by atoms with Crippen molar-refractivity contribution in [1.82, 2.24) is 0 Å². The summed E-state index contributed by atoms with van der Waals surface area (Å²) >= 11 is 6.46. The van der Waals surface area contributed by atoms with Gasteiger partial charge in [0.25, 0.3) is 0 Å². The highest BCUT2D eigenvalue weighted by Crippen LogP contribution is 2.28. The second-order valence-corrected chi connectivity index (χ2v) is 6.09. The summed E-state index contributed by atoms with van der Waals surface area (Å²) in [4.78, 5) is 0. The van der Waals surface area contributed by atoms with Crippen LogP contribution in [0.2, 0.25) is 5.02 Å². The van der Waals surface area contributed by atoms with Crippen LogP contribution in [0.5, 0.6) is 0 Å². The van der Waals surface area contributed by atoms with Gasteiger partial charge < -0.3 is 4.74 Å². The Labute approximate surface area is 116 Å². The van der Waals surface area contributed by atoms with Crippen LogP contribution in [0.25, 0.3) is 0 Å². The van der Waals surface area contributed by atoms with Gasteiger partial charge in [-0.1, -0.05) is 57.5 Å². The number of ether oxygens (including phenoxy) is 1. The first-order valence-corrected chi connectivity index (χ1v) is 7.18. The van der Waals surface area contributed by atoms with E-state index in [1.54, 1.807) is 0 Å². The fraction of sp³-hybridized carbons (Fsp3) is 0.625. The van der Waals surface area contributed by atoms with Gasteiger partial charge in [0.1, 0.15) is 0 Å². The first-order chi connectivity index (χ1) is 8.41. The second kappa shape index (κ2) is 7.16. The minimum Gasteiger partial charge on any atom is -0.378 e. The van der Waals surface area contributed by atoms with Crippen LogP contribution in [0.1, 0.15) is 51.7 Å². The SMILES string of the molecule is CC(C)COC(C)Cc1cccc(C(C)C)c1Cl. The third kappa shape index (κ3) is 4.62. The zero-order chi connectivity index (χ0) is 13.7. The predicted molar refractivity (Wildman–Crippen MR) is 79.5 cm³/mol. The Morgan fingerprint density at radius 3 is 2.33 bits per heavy atom. The van der Waals surface area contributed by atoms with Gasteiger partial charge in [0.15, 0.2) is 0 Å². The molecule has 1 aromatic rings. The van der Waals surface area contributed by atoms with Crippen LogP contribution in [-0.4, -0.2) is 12.7 Å². The Morgan fingerprint density at radius 1 is 1.11 bits per heavy atom. The van der Waals surface area contributed by atoms with Crippen LogP contribution in [0, 0.1) is 5.92 Å². The number of benzene rings is 1. The molecule has 0 amide bonds. The molecule has 0 saturated heterocycles. The fourth-order valence-electron chi connectivity index (χ4n) is 1.93. The molecule has 0 bridgehead atoms. The fourth-order valence-corrected chi connectivity index (χ4v) is 2.35. The van der Waals surface area contributed by atoms with E-state index >= 15 is 0 Å². The lowest BCUT2D eigenvalue weighted by Crippen LogP contribution is -2.15. The molecule has 0 radical (unpaired) electrons. The molecule has 0 fully saturated rings. The Kier molecular flexibility index (Phi) is 6.17. The van der Waals surface area contributed by atoms with Crippen LogP contribution in [0.4, 0.5) is 0 Å². The molecular weight excluding hydrogens is 244 g/mol. The minimum absolute atomic E-state index is 0.215. The lowest BCUT2D eigenvalue weighted by Gasteiger charge is -2.17. The van der Waals surface area contributed by atoms with Crippen molar-refractivity contribution in [2.45, 2.75) is 53.1 Å². The topological polar surface area (TPSA) is 9.23 Å². The van der Waals surface area contributed by atoms with E-state index in [1.165, 1.54) is 11.1 Å². The summed E-state index contributed by atoms with van der Waals surface area (Å²) in [6, 6.07) is 6.30. The summed E-state index contributed by atoms with van der Waals surface area (Å²) in [5, 5.41) is 0.910. The van der Waals surface area contributed by atoms with Crippen molar-refractivity contribution in [3.05, 3.63) is 34.3 Å². The summed E-state index contributed by atoms with van der Waals surface area (Å²) in [7, 11) is 0. The maximum absolute atomic E-state index is 6.46. The van der Waals surface area contributed by atoms with Crippen molar-refractivity contribution in [2.75, 3.05) is 6.61 Å². The van der Waals surface area contributed by atoms with E-state index in [2.05, 4.69) is 52.8 Å². The summed E-state index contributed by atoms with van der Waals surface area (Å²) < 4.78 is 5.80. The second-order valence-electron chi connectivity index (χ2n) is 5.72. The quantitative estimate of drug-likeness (QED) is 0.700. The first kappa shape index (κ1) is 15.5. The molecule has 0 aliphatic heterocycles. The highest BCUT2D eigenvalue weighted by atomic mass is 35.5.